The fourth-order valence-corrected chi connectivity index (χ4v) is 1.28. The summed E-state index contributed by atoms with van der Waals surface area (Å²) in [5.41, 5.74) is 0. The molecule has 0 spiro atoms. The van der Waals surface area contributed by atoms with E-state index >= 15 is 0 Å². The van der Waals surface area contributed by atoms with Crippen LogP contribution in [0.5, 0.6) is 0 Å². The third-order valence-corrected chi connectivity index (χ3v) is 2.09. The lowest BCUT2D eigenvalue weighted by Gasteiger charge is -2.21. The van der Waals surface area contributed by atoms with Gasteiger partial charge in [-0.05, 0) is 18.7 Å². The summed E-state index contributed by atoms with van der Waals surface area (Å²) in [5.74, 6) is 0.872. The topological polar surface area (TPSA) is 56.8 Å². The molecule has 0 saturated heterocycles. The molecule has 0 aliphatic carbocycles. The zero-order valence-corrected chi connectivity index (χ0v) is 8.39. The van der Waals surface area contributed by atoms with Crippen LogP contribution in [0.1, 0.15) is 12.7 Å². The third kappa shape index (κ3) is 3.49. The number of aliphatic hydroxyl groups is 2. The molecule has 1 rings (SSSR count). The van der Waals surface area contributed by atoms with E-state index in [4.69, 9.17) is 9.52 Å². The quantitative estimate of drug-likeness (QED) is 0.698. The molecule has 2 N–H and O–H groups in total. The molecular weight excluding hydrogens is 182 g/mol. The van der Waals surface area contributed by atoms with E-state index in [9.17, 15) is 5.11 Å². The van der Waals surface area contributed by atoms with E-state index in [1.165, 1.54) is 0 Å². The molecule has 0 bridgehead atoms. The first-order valence-corrected chi connectivity index (χ1v) is 4.80. The summed E-state index contributed by atoms with van der Waals surface area (Å²) in [6.45, 7) is 3.76. The monoisotopic (exact) mass is 199 g/mol. The first-order chi connectivity index (χ1) is 6.76. The Morgan fingerprint density at radius 1 is 1.57 bits per heavy atom. The van der Waals surface area contributed by atoms with Gasteiger partial charge in [-0.3, -0.25) is 4.90 Å². The number of furan rings is 1. The van der Waals surface area contributed by atoms with Gasteiger partial charge in [-0.15, -0.1) is 0 Å². The second-order valence-corrected chi connectivity index (χ2v) is 3.24. The van der Waals surface area contributed by atoms with Crippen LogP contribution in [0.25, 0.3) is 0 Å². The van der Waals surface area contributed by atoms with Gasteiger partial charge in [-0.2, -0.15) is 0 Å². The van der Waals surface area contributed by atoms with Crippen molar-refractivity contribution in [3.63, 3.8) is 0 Å². The predicted octanol–water partition coefficient (Wildman–Crippen LogP) is 0.455. The van der Waals surface area contributed by atoms with Crippen molar-refractivity contribution in [3.8, 4) is 0 Å². The standard InChI is InChI=1S/C10H17NO3/c1-2-11(6-9(13)8-12)7-10-4-3-5-14-10/h3-5,9,12-13H,2,6-8H2,1H3. The first-order valence-electron chi connectivity index (χ1n) is 4.80. The maximum absolute atomic E-state index is 9.27. The highest BCUT2D eigenvalue weighted by atomic mass is 16.3. The summed E-state index contributed by atoms with van der Waals surface area (Å²) in [4.78, 5) is 2.01. The lowest BCUT2D eigenvalue weighted by Crippen LogP contribution is -2.33. The smallest absolute Gasteiger partial charge is 0.117 e. The first kappa shape index (κ1) is 11.2. The predicted molar refractivity (Wildman–Crippen MR) is 52.8 cm³/mol. The van der Waals surface area contributed by atoms with Crippen molar-refractivity contribution >= 4 is 0 Å². The molecule has 4 heteroatoms. The van der Waals surface area contributed by atoms with Crippen molar-refractivity contribution in [2.45, 2.75) is 19.6 Å². The van der Waals surface area contributed by atoms with Gasteiger partial charge < -0.3 is 14.6 Å². The summed E-state index contributed by atoms with van der Waals surface area (Å²) >= 11 is 0. The van der Waals surface area contributed by atoms with Crippen LogP contribution in [-0.2, 0) is 6.54 Å². The summed E-state index contributed by atoms with van der Waals surface area (Å²) in [6, 6.07) is 3.74. The van der Waals surface area contributed by atoms with Gasteiger partial charge in [-0.1, -0.05) is 6.92 Å². The van der Waals surface area contributed by atoms with Crippen molar-refractivity contribution < 1.29 is 14.6 Å². The Labute approximate surface area is 83.8 Å². The number of nitrogens with zero attached hydrogens (tertiary/aromatic N) is 1. The molecule has 0 fully saturated rings. The molecule has 4 nitrogen and oxygen atoms in total. The molecule has 0 amide bonds. The number of likely N-dealkylation sites (N-methyl/N-ethyl adjacent to an activating group) is 1. The van der Waals surface area contributed by atoms with Crippen molar-refractivity contribution in [2.24, 2.45) is 0 Å². The molecule has 0 aromatic carbocycles. The van der Waals surface area contributed by atoms with Crippen LogP contribution in [-0.4, -0.2) is 40.9 Å². The minimum Gasteiger partial charge on any atom is -0.468 e. The van der Waals surface area contributed by atoms with Crippen LogP contribution >= 0.6 is 0 Å². The van der Waals surface area contributed by atoms with E-state index in [-0.39, 0.29) is 6.61 Å². The molecule has 1 atom stereocenters. The van der Waals surface area contributed by atoms with Crippen LogP contribution in [0.4, 0.5) is 0 Å². The molecular formula is C10H17NO3. The fourth-order valence-electron chi connectivity index (χ4n) is 1.28. The molecule has 0 saturated carbocycles. The maximum atomic E-state index is 9.27. The van der Waals surface area contributed by atoms with E-state index < -0.39 is 6.10 Å². The second kappa shape index (κ2) is 5.80. The molecule has 14 heavy (non-hydrogen) atoms. The number of hydrogen-bond acceptors (Lipinski definition) is 4. The summed E-state index contributed by atoms with van der Waals surface area (Å²) in [6.07, 6.45) is 0.955. The van der Waals surface area contributed by atoms with Gasteiger partial charge in [0, 0.05) is 6.54 Å². The normalized spacial score (nSPS) is 13.4. The zero-order valence-electron chi connectivity index (χ0n) is 8.39. The molecule has 1 heterocycles. The lowest BCUT2D eigenvalue weighted by molar-refractivity contribution is 0.0565. The third-order valence-electron chi connectivity index (χ3n) is 2.09. The Balaban J connectivity index is 2.39. The second-order valence-electron chi connectivity index (χ2n) is 3.24. The minimum atomic E-state index is -0.676. The van der Waals surface area contributed by atoms with Crippen molar-refractivity contribution in [2.75, 3.05) is 19.7 Å². The largest absolute Gasteiger partial charge is 0.468 e. The minimum absolute atomic E-state index is 0.200. The molecule has 0 radical (unpaired) electrons. The molecule has 1 aromatic heterocycles. The van der Waals surface area contributed by atoms with Crippen molar-refractivity contribution in [1.82, 2.24) is 4.90 Å². The molecule has 0 aliphatic heterocycles. The van der Waals surface area contributed by atoms with Crippen molar-refractivity contribution in [3.05, 3.63) is 24.2 Å². The number of rotatable bonds is 6. The van der Waals surface area contributed by atoms with Crippen LogP contribution < -0.4 is 0 Å². The Kier molecular flexibility index (Phi) is 4.65. The van der Waals surface area contributed by atoms with E-state index in [2.05, 4.69) is 0 Å². The van der Waals surface area contributed by atoms with E-state index in [0.717, 1.165) is 12.3 Å². The summed E-state index contributed by atoms with van der Waals surface area (Å²) in [5, 5.41) is 18.0. The Morgan fingerprint density at radius 2 is 2.36 bits per heavy atom. The average molecular weight is 199 g/mol. The van der Waals surface area contributed by atoms with Crippen molar-refractivity contribution in [1.29, 1.82) is 0 Å². The SMILES string of the molecule is CCN(Cc1ccco1)CC(O)CO. The van der Waals surface area contributed by atoms with Gasteiger partial charge in [-0.25, -0.2) is 0 Å². The highest BCUT2D eigenvalue weighted by Gasteiger charge is 2.10. The number of hydrogen-bond donors (Lipinski definition) is 2. The van der Waals surface area contributed by atoms with Gasteiger partial charge >= 0.3 is 0 Å². The molecule has 80 valence electrons. The van der Waals surface area contributed by atoms with E-state index in [0.29, 0.717) is 13.1 Å². The molecule has 1 unspecified atom stereocenters. The zero-order chi connectivity index (χ0) is 10.4. The average Bonchev–Trinajstić information content (AvgIpc) is 2.69. The fraction of sp³-hybridized carbons (Fsp3) is 0.600. The van der Waals surface area contributed by atoms with E-state index in [1.807, 2.05) is 24.0 Å². The summed E-state index contributed by atoms with van der Waals surface area (Å²) < 4.78 is 5.20. The Morgan fingerprint density at radius 3 is 2.86 bits per heavy atom. The Bertz CT molecular complexity index is 236. The summed E-state index contributed by atoms with van der Waals surface area (Å²) in [7, 11) is 0. The van der Waals surface area contributed by atoms with Gasteiger partial charge in [0.15, 0.2) is 0 Å². The Hall–Kier alpha value is -0.840. The van der Waals surface area contributed by atoms with Gasteiger partial charge in [0.05, 0.1) is 25.5 Å². The molecule has 0 aliphatic rings. The van der Waals surface area contributed by atoms with Gasteiger partial charge in [0.25, 0.3) is 0 Å². The van der Waals surface area contributed by atoms with Crippen LogP contribution in [0.2, 0.25) is 0 Å². The molecule has 1 aromatic rings. The lowest BCUT2D eigenvalue weighted by atomic mass is 10.3. The van der Waals surface area contributed by atoms with Crippen LogP contribution in [0, 0.1) is 0 Å². The van der Waals surface area contributed by atoms with Gasteiger partial charge in [0.1, 0.15) is 5.76 Å². The maximum Gasteiger partial charge on any atom is 0.117 e. The number of aliphatic hydroxyl groups excluding tert-OH is 2. The highest BCUT2D eigenvalue weighted by Crippen LogP contribution is 2.05. The highest BCUT2D eigenvalue weighted by molar-refractivity contribution is 4.97. The van der Waals surface area contributed by atoms with Crippen LogP contribution in [0.3, 0.4) is 0 Å². The van der Waals surface area contributed by atoms with Crippen LogP contribution in [0.15, 0.2) is 22.8 Å². The van der Waals surface area contributed by atoms with E-state index in [1.54, 1.807) is 6.26 Å². The van der Waals surface area contributed by atoms with Gasteiger partial charge in [0.2, 0.25) is 0 Å².